The van der Waals surface area contributed by atoms with E-state index in [1.807, 2.05) is 7.05 Å². The smallest absolute Gasteiger partial charge is 0.193 e. The van der Waals surface area contributed by atoms with E-state index < -0.39 is 0 Å². The summed E-state index contributed by atoms with van der Waals surface area (Å²) in [4.78, 5) is 9.09. The van der Waals surface area contributed by atoms with E-state index in [0.717, 1.165) is 57.6 Å². The summed E-state index contributed by atoms with van der Waals surface area (Å²) in [6.45, 7) is 8.47. The van der Waals surface area contributed by atoms with Crippen molar-refractivity contribution in [1.82, 2.24) is 15.1 Å². The second kappa shape index (κ2) is 12.5. The monoisotopic (exact) mass is 412 g/mol. The quantitative estimate of drug-likeness (QED) is 0.300. The zero-order valence-corrected chi connectivity index (χ0v) is 16.4. The molecule has 0 radical (unpaired) electrons. The number of nitrogens with zero attached hydrogens (tertiary/aromatic N) is 3. The summed E-state index contributed by atoms with van der Waals surface area (Å²) in [5.74, 6) is 1.93. The number of hydrogen-bond acceptors (Lipinski definition) is 3. The SMILES string of the molecule is CN=C(NCCCN(C)CCOC)N1CCC(C)CC1.I. The first kappa shape index (κ1) is 20.9. The Morgan fingerprint density at radius 2 is 2.00 bits per heavy atom. The molecule has 1 heterocycles. The molecule has 126 valence electrons. The van der Waals surface area contributed by atoms with Gasteiger partial charge in [-0.15, -0.1) is 24.0 Å². The standard InChI is InChI=1S/C15H32N4O.HI/c1-14-6-10-19(11-7-14)15(16-2)17-8-5-9-18(3)12-13-20-4;/h14H,5-13H2,1-4H3,(H,16,17);1H. The lowest BCUT2D eigenvalue weighted by molar-refractivity contribution is 0.161. The molecule has 0 atom stereocenters. The Kier molecular flexibility index (Phi) is 12.4. The van der Waals surface area contributed by atoms with Crippen LogP contribution in [-0.4, -0.2) is 76.3 Å². The first-order chi connectivity index (χ1) is 9.67. The number of nitrogens with one attached hydrogen (secondary N) is 1. The molecule has 1 fully saturated rings. The molecule has 0 unspecified atom stereocenters. The van der Waals surface area contributed by atoms with E-state index in [0.29, 0.717) is 0 Å². The predicted octanol–water partition coefficient (Wildman–Crippen LogP) is 1.88. The van der Waals surface area contributed by atoms with Crippen molar-refractivity contribution in [3.63, 3.8) is 0 Å². The van der Waals surface area contributed by atoms with Gasteiger partial charge in [-0.2, -0.15) is 0 Å². The van der Waals surface area contributed by atoms with Crippen LogP contribution in [0.3, 0.4) is 0 Å². The van der Waals surface area contributed by atoms with Crippen LogP contribution in [-0.2, 0) is 4.74 Å². The maximum Gasteiger partial charge on any atom is 0.193 e. The van der Waals surface area contributed by atoms with Gasteiger partial charge in [-0.05, 0) is 38.8 Å². The van der Waals surface area contributed by atoms with Crippen molar-refractivity contribution in [3.8, 4) is 0 Å². The van der Waals surface area contributed by atoms with Crippen LogP contribution in [0.1, 0.15) is 26.2 Å². The molecule has 0 amide bonds. The molecule has 0 aromatic carbocycles. The van der Waals surface area contributed by atoms with E-state index >= 15 is 0 Å². The molecule has 1 rings (SSSR count). The van der Waals surface area contributed by atoms with Gasteiger partial charge in [-0.1, -0.05) is 6.92 Å². The molecule has 0 aromatic rings. The van der Waals surface area contributed by atoms with E-state index in [1.54, 1.807) is 7.11 Å². The van der Waals surface area contributed by atoms with E-state index in [-0.39, 0.29) is 24.0 Å². The van der Waals surface area contributed by atoms with Crippen molar-refractivity contribution >= 4 is 29.9 Å². The van der Waals surface area contributed by atoms with Crippen LogP contribution in [0.2, 0.25) is 0 Å². The Bertz CT molecular complexity index is 281. The molecule has 6 heteroatoms. The van der Waals surface area contributed by atoms with Gasteiger partial charge in [-0.25, -0.2) is 0 Å². The molecule has 0 bridgehead atoms. The molecule has 1 aliphatic heterocycles. The highest BCUT2D eigenvalue weighted by molar-refractivity contribution is 14.0. The minimum absolute atomic E-state index is 0. The van der Waals surface area contributed by atoms with Gasteiger partial charge in [0.05, 0.1) is 6.61 Å². The van der Waals surface area contributed by atoms with Crippen LogP contribution >= 0.6 is 24.0 Å². The number of hydrogen-bond donors (Lipinski definition) is 1. The maximum atomic E-state index is 5.08. The normalized spacial score (nSPS) is 17.0. The lowest BCUT2D eigenvalue weighted by atomic mass is 10.00. The highest BCUT2D eigenvalue weighted by atomic mass is 127. The number of likely N-dealkylation sites (tertiary alicyclic amines) is 1. The van der Waals surface area contributed by atoms with Crippen LogP contribution in [0.5, 0.6) is 0 Å². The number of aliphatic imine (C=N–C) groups is 1. The fourth-order valence-electron chi connectivity index (χ4n) is 2.46. The zero-order chi connectivity index (χ0) is 14.8. The molecule has 21 heavy (non-hydrogen) atoms. The first-order valence-electron chi connectivity index (χ1n) is 7.80. The molecule has 0 aromatic heterocycles. The molecular weight excluding hydrogens is 379 g/mol. The van der Waals surface area contributed by atoms with Crippen LogP contribution in [0.4, 0.5) is 0 Å². The van der Waals surface area contributed by atoms with Gasteiger partial charge in [-0.3, -0.25) is 4.99 Å². The summed E-state index contributed by atoms with van der Waals surface area (Å²) in [5.41, 5.74) is 0. The topological polar surface area (TPSA) is 40.1 Å². The van der Waals surface area contributed by atoms with Crippen molar-refractivity contribution in [2.75, 3.05) is 60.5 Å². The van der Waals surface area contributed by atoms with E-state index in [2.05, 4.69) is 34.1 Å². The third-order valence-electron chi connectivity index (χ3n) is 3.97. The van der Waals surface area contributed by atoms with Crippen LogP contribution in [0, 0.1) is 5.92 Å². The van der Waals surface area contributed by atoms with Gasteiger partial charge in [0.15, 0.2) is 5.96 Å². The lowest BCUT2D eigenvalue weighted by Gasteiger charge is -2.33. The van der Waals surface area contributed by atoms with Gasteiger partial charge >= 0.3 is 0 Å². The van der Waals surface area contributed by atoms with Crippen molar-refractivity contribution < 1.29 is 4.74 Å². The average Bonchev–Trinajstić information content (AvgIpc) is 2.46. The Hall–Kier alpha value is -0.0800. The minimum Gasteiger partial charge on any atom is -0.383 e. The molecule has 1 aliphatic rings. The number of likely N-dealkylation sites (N-methyl/N-ethyl adjacent to an activating group) is 1. The second-order valence-corrected chi connectivity index (χ2v) is 5.79. The van der Waals surface area contributed by atoms with Crippen LogP contribution in [0.25, 0.3) is 0 Å². The van der Waals surface area contributed by atoms with Crippen molar-refractivity contribution in [3.05, 3.63) is 0 Å². The van der Waals surface area contributed by atoms with E-state index in [4.69, 9.17) is 4.74 Å². The Morgan fingerprint density at radius 1 is 1.33 bits per heavy atom. The Morgan fingerprint density at radius 3 is 2.57 bits per heavy atom. The lowest BCUT2D eigenvalue weighted by Crippen LogP contribution is -2.45. The molecule has 1 saturated heterocycles. The molecular formula is C15H33IN4O. The number of halogens is 1. The first-order valence-corrected chi connectivity index (χ1v) is 7.80. The Balaban J connectivity index is 0.00000400. The van der Waals surface area contributed by atoms with Gasteiger partial charge in [0.2, 0.25) is 0 Å². The highest BCUT2D eigenvalue weighted by Crippen LogP contribution is 2.15. The number of rotatable bonds is 7. The summed E-state index contributed by atoms with van der Waals surface area (Å²) in [7, 11) is 5.77. The summed E-state index contributed by atoms with van der Waals surface area (Å²) in [5, 5.41) is 3.48. The Labute approximate surface area is 147 Å². The number of piperidine rings is 1. The molecule has 0 spiro atoms. The third kappa shape index (κ3) is 8.83. The number of ether oxygens (including phenoxy) is 1. The zero-order valence-electron chi connectivity index (χ0n) is 14.1. The van der Waals surface area contributed by atoms with Crippen LogP contribution in [0.15, 0.2) is 4.99 Å². The predicted molar refractivity (Wildman–Crippen MR) is 101 cm³/mol. The van der Waals surface area contributed by atoms with Crippen LogP contribution < -0.4 is 5.32 Å². The second-order valence-electron chi connectivity index (χ2n) is 5.79. The van der Waals surface area contributed by atoms with Crippen molar-refractivity contribution in [2.24, 2.45) is 10.9 Å². The van der Waals surface area contributed by atoms with Gasteiger partial charge in [0.25, 0.3) is 0 Å². The molecule has 1 N–H and O–H groups in total. The number of methoxy groups -OCH3 is 1. The van der Waals surface area contributed by atoms with E-state index in [1.165, 1.54) is 12.8 Å². The van der Waals surface area contributed by atoms with Gasteiger partial charge in [0.1, 0.15) is 0 Å². The fraction of sp³-hybridized carbons (Fsp3) is 0.933. The van der Waals surface area contributed by atoms with E-state index in [9.17, 15) is 0 Å². The summed E-state index contributed by atoms with van der Waals surface area (Å²) < 4.78 is 5.08. The summed E-state index contributed by atoms with van der Waals surface area (Å²) >= 11 is 0. The maximum absolute atomic E-state index is 5.08. The average molecular weight is 412 g/mol. The largest absolute Gasteiger partial charge is 0.383 e. The van der Waals surface area contributed by atoms with Gasteiger partial charge in [0, 0.05) is 40.3 Å². The van der Waals surface area contributed by atoms with Crippen molar-refractivity contribution in [2.45, 2.75) is 26.2 Å². The molecule has 5 nitrogen and oxygen atoms in total. The van der Waals surface area contributed by atoms with Crippen molar-refractivity contribution in [1.29, 1.82) is 0 Å². The fourth-order valence-corrected chi connectivity index (χ4v) is 2.46. The molecule has 0 aliphatic carbocycles. The number of guanidine groups is 1. The molecule has 0 saturated carbocycles. The van der Waals surface area contributed by atoms with Gasteiger partial charge < -0.3 is 19.9 Å². The minimum atomic E-state index is 0. The summed E-state index contributed by atoms with van der Waals surface area (Å²) in [6.07, 6.45) is 3.68. The summed E-state index contributed by atoms with van der Waals surface area (Å²) in [6, 6.07) is 0. The highest BCUT2D eigenvalue weighted by Gasteiger charge is 2.18. The third-order valence-corrected chi connectivity index (χ3v) is 3.97.